The average Bonchev–Trinajstić information content (AvgIpc) is 2.42. The van der Waals surface area contributed by atoms with Gasteiger partial charge in [-0.05, 0) is 24.1 Å². The molecule has 5 heteroatoms. The van der Waals surface area contributed by atoms with Gasteiger partial charge in [0.1, 0.15) is 0 Å². The zero-order valence-electron chi connectivity index (χ0n) is 11.2. The fraction of sp³-hybridized carbons (Fsp3) is 0.385. The third-order valence-electron chi connectivity index (χ3n) is 2.80. The molecule has 0 heterocycles. The first kappa shape index (κ1) is 14.9. The van der Waals surface area contributed by atoms with Gasteiger partial charge in [-0.1, -0.05) is 24.3 Å². The van der Waals surface area contributed by atoms with E-state index in [1.807, 2.05) is 24.3 Å². The van der Waals surface area contributed by atoms with Crippen LogP contribution in [-0.2, 0) is 13.3 Å². The van der Waals surface area contributed by atoms with E-state index < -0.39 is 8.80 Å². The van der Waals surface area contributed by atoms with Crippen molar-refractivity contribution in [1.82, 2.24) is 0 Å². The van der Waals surface area contributed by atoms with Crippen LogP contribution >= 0.6 is 0 Å². The van der Waals surface area contributed by atoms with Crippen molar-refractivity contribution in [2.75, 3.05) is 27.1 Å². The Balaban J connectivity index is 2.48. The minimum Gasteiger partial charge on any atom is -0.399 e. The summed E-state index contributed by atoms with van der Waals surface area (Å²) >= 11 is 0. The Morgan fingerprint density at radius 1 is 1.06 bits per heavy atom. The number of nitrogen functional groups attached to an aromatic ring is 1. The minimum atomic E-state index is -2.44. The van der Waals surface area contributed by atoms with Crippen LogP contribution in [-0.4, -0.2) is 30.1 Å². The van der Waals surface area contributed by atoms with Crippen LogP contribution in [0.2, 0.25) is 6.04 Å². The van der Waals surface area contributed by atoms with Crippen LogP contribution in [0.1, 0.15) is 12.0 Å². The fourth-order valence-electron chi connectivity index (χ4n) is 1.64. The van der Waals surface area contributed by atoms with Crippen molar-refractivity contribution in [3.8, 4) is 0 Å². The van der Waals surface area contributed by atoms with E-state index in [1.54, 1.807) is 21.3 Å². The standard InChI is InChI=1S/C13H21NO3Si/c1-15-18(16-2,17-3)11-5-4-6-12-7-9-13(14)10-8-12/h4,6-10H,5,11,14H2,1-3H3/b6-4-. The zero-order valence-corrected chi connectivity index (χ0v) is 12.2. The Morgan fingerprint density at radius 2 is 1.61 bits per heavy atom. The Morgan fingerprint density at radius 3 is 2.11 bits per heavy atom. The first-order valence-corrected chi connectivity index (χ1v) is 7.76. The maximum atomic E-state index is 5.62. The number of rotatable bonds is 7. The van der Waals surface area contributed by atoms with Crippen LogP contribution in [0.5, 0.6) is 0 Å². The van der Waals surface area contributed by atoms with Crippen LogP contribution in [0.4, 0.5) is 5.69 Å². The van der Waals surface area contributed by atoms with E-state index in [2.05, 4.69) is 12.2 Å². The lowest BCUT2D eigenvalue weighted by Crippen LogP contribution is -2.42. The number of anilines is 1. The molecule has 1 aromatic carbocycles. The summed E-state index contributed by atoms with van der Waals surface area (Å²) in [6.45, 7) is 0. The Bertz CT molecular complexity index is 366. The van der Waals surface area contributed by atoms with E-state index in [4.69, 9.17) is 19.0 Å². The van der Waals surface area contributed by atoms with E-state index in [0.717, 1.165) is 23.7 Å². The van der Waals surface area contributed by atoms with Crippen LogP contribution in [0, 0.1) is 0 Å². The predicted octanol–water partition coefficient (Wildman–Crippen LogP) is 2.55. The molecule has 0 bridgehead atoms. The SMILES string of the molecule is CO[Si](CC/C=C\c1ccc(N)cc1)(OC)OC. The molecule has 0 unspecified atom stereocenters. The number of allylic oxidation sites excluding steroid dienone is 1. The molecule has 0 atom stereocenters. The molecule has 0 saturated heterocycles. The van der Waals surface area contributed by atoms with Crippen molar-refractivity contribution in [2.45, 2.75) is 12.5 Å². The van der Waals surface area contributed by atoms with Gasteiger partial charge in [0.05, 0.1) is 0 Å². The normalized spacial score (nSPS) is 12.2. The molecule has 0 aliphatic carbocycles. The highest BCUT2D eigenvalue weighted by molar-refractivity contribution is 6.60. The monoisotopic (exact) mass is 267 g/mol. The summed E-state index contributed by atoms with van der Waals surface area (Å²) in [5.41, 5.74) is 7.53. The van der Waals surface area contributed by atoms with Crippen molar-refractivity contribution in [2.24, 2.45) is 0 Å². The highest BCUT2D eigenvalue weighted by atomic mass is 28.4. The molecule has 0 radical (unpaired) electrons. The summed E-state index contributed by atoms with van der Waals surface area (Å²) in [7, 11) is 2.45. The molecule has 0 aliphatic rings. The predicted molar refractivity (Wildman–Crippen MR) is 76.1 cm³/mol. The summed E-state index contributed by atoms with van der Waals surface area (Å²) < 4.78 is 16.0. The maximum absolute atomic E-state index is 5.62. The summed E-state index contributed by atoms with van der Waals surface area (Å²) in [6.07, 6.45) is 5.00. The van der Waals surface area contributed by atoms with E-state index >= 15 is 0 Å². The molecule has 0 amide bonds. The number of hydrogen-bond acceptors (Lipinski definition) is 4. The average molecular weight is 267 g/mol. The third-order valence-corrected chi connectivity index (χ3v) is 5.56. The molecule has 0 spiro atoms. The maximum Gasteiger partial charge on any atom is 0.500 e. The second-order valence-electron chi connectivity index (χ2n) is 3.90. The number of benzene rings is 1. The molecule has 0 fully saturated rings. The molecular formula is C13H21NO3Si. The lowest BCUT2D eigenvalue weighted by molar-refractivity contribution is 0.124. The Labute approximate surface area is 110 Å². The molecule has 2 N–H and O–H groups in total. The summed E-state index contributed by atoms with van der Waals surface area (Å²) in [5.74, 6) is 0. The lowest BCUT2D eigenvalue weighted by atomic mass is 10.2. The Kier molecular flexibility index (Phi) is 6.07. The van der Waals surface area contributed by atoms with Gasteiger partial charge in [0, 0.05) is 33.1 Å². The topological polar surface area (TPSA) is 53.7 Å². The molecular weight excluding hydrogens is 246 g/mol. The van der Waals surface area contributed by atoms with Crippen molar-refractivity contribution >= 4 is 20.6 Å². The van der Waals surface area contributed by atoms with Gasteiger partial charge in [-0.2, -0.15) is 0 Å². The van der Waals surface area contributed by atoms with Crippen LogP contribution in [0.25, 0.3) is 6.08 Å². The first-order valence-electron chi connectivity index (χ1n) is 5.83. The molecule has 0 aromatic heterocycles. The third kappa shape index (κ3) is 4.27. The summed E-state index contributed by atoms with van der Waals surface area (Å²) in [5, 5.41) is 0. The summed E-state index contributed by atoms with van der Waals surface area (Å²) in [6, 6.07) is 8.51. The molecule has 1 rings (SSSR count). The highest BCUT2D eigenvalue weighted by Crippen LogP contribution is 2.16. The van der Waals surface area contributed by atoms with Crippen molar-refractivity contribution in [1.29, 1.82) is 0 Å². The van der Waals surface area contributed by atoms with Gasteiger partial charge >= 0.3 is 8.80 Å². The van der Waals surface area contributed by atoms with Crippen LogP contribution < -0.4 is 5.73 Å². The summed E-state index contributed by atoms with van der Waals surface area (Å²) in [4.78, 5) is 0. The molecule has 0 aliphatic heterocycles. The smallest absolute Gasteiger partial charge is 0.399 e. The number of hydrogen-bond donors (Lipinski definition) is 1. The highest BCUT2D eigenvalue weighted by Gasteiger charge is 2.36. The minimum absolute atomic E-state index is 0.766. The van der Waals surface area contributed by atoms with Gasteiger partial charge in [0.15, 0.2) is 0 Å². The fourth-order valence-corrected chi connectivity index (χ4v) is 3.28. The molecule has 1 aromatic rings. The van der Waals surface area contributed by atoms with Gasteiger partial charge in [0.2, 0.25) is 0 Å². The van der Waals surface area contributed by atoms with Crippen molar-refractivity contribution in [3.63, 3.8) is 0 Å². The van der Waals surface area contributed by atoms with Crippen LogP contribution in [0.3, 0.4) is 0 Å². The quantitative estimate of drug-likeness (QED) is 0.609. The largest absolute Gasteiger partial charge is 0.500 e. The number of nitrogens with two attached hydrogens (primary N) is 1. The van der Waals surface area contributed by atoms with Gasteiger partial charge in [-0.3, -0.25) is 0 Å². The molecule has 100 valence electrons. The van der Waals surface area contributed by atoms with E-state index in [1.165, 1.54) is 0 Å². The first-order chi connectivity index (χ1) is 8.65. The van der Waals surface area contributed by atoms with Crippen molar-refractivity contribution in [3.05, 3.63) is 35.9 Å². The van der Waals surface area contributed by atoms with Gasteiger partial charge < -0.3 is 19.0 Å². The van der Waals surface area contributed by atoms with Gasteiger partial charge in [-0.15, -0.1) is 0 Å². The van der Waals surface area contributed by atoms with Gasteiger partial charge in [-0.25, -0.2) is 0 Å². The van der Waals surface area contributed by atoms with Crippen molar-refractivity contribution < 1.29 is 13.3 Å². The van der Waals surface area contributed by atoms with E-state index in [-0.39, 0.29) is 0 Å². The molecule has 4 nitrogen and oxygen atoms in total. The van der Waals surface area contributed by atoms with Crippen LogP contribution in [0.15, 0.2) is 30.3 Å². The molecule has 18 heavy (non-hydrogen) atoms. The zero-order chi connectivity index (χ0) is 13.4. The van der Waals surface area contributed by atoms with E-state index in [0.29, 0.717) is 0 Å². The Hall–Kier alpha value is -1.14. The van der Waals surface area contributed by atoms with E-state index in [9.17, 15) is 0 Å². The lowest BCUT2D eigenvalue weighted by Gasteiger charge is -2.23. The molecule has 0 saturated carbocycles. The van der Waals surface area contributed by atoms with Gasteiger partial charge in [0.25, 0.3) is 0 Å². The second kappa shape index (κ2) is 7.33. The second-order valence-corrected chi connectivity index (χ2v) is 6.99.